The van der Waals surface area contributed by atoms with Crippen LogP contribution in [0.1, 0.15) is 26.3 Å². The van der Waals surface area contributed by atoms with Crippen LogP contribution in [-0.2, 0) is 4.74 Å². The second kappa shape index (κ2) is 5.17. The topological polar surface area (TPSA) is 75.3 Å². The van der Waals surface area contributed by atoms with Crippen LogP contribution in [0.25, 0.3) is 11.0 Å². The lowest BCUT2D eigenvalue weighted by molar-refractivity contribution is 0.0633. The highest BCUT2D eigenvalue weighted by molar-refractivity contribution is 9.10. The predicted octanol–water partition coefficient (Wildman–Crippen LogP) is 4.41. The van der Waals surface area contributed by atoms with Crippen molar-refractivity contribution in [2.45, 2.75) is 26.4 Å². The monoisotopic (exact) mass is 336 g/mol. The Morgan fingerprint density at radius 2 is 2.15 bits per heavy atom. The van der Waals surface area contributed by atoms with E-state index in [2.05, 4.69) is 21.2 Å². The lowest BCUT2D eigenvalue weighted by Crippen LogP contribution is -2.27. The molecule has 0 fully saturated rings. The van der Waals surface area contributed by atoms with E-state index >= 15 is 0 Å². The Labute approximate surface area is 124 Å². The van der Waals surface area contributed by atoms with E-state index < -0.39 is 11.7 Å². The summed E-state index contributed by atoms with van der Waals surface area (Å²) in [6.07, 6.45) is -0.663. The summed E-state index contributed by atoms with van der Waals surface area (Å²) in [5.74, 6) is 0.0867. The predicted molar refractivity (Wildman–Crippen MR) is 78.5 cm³/mol. The molecule has 20 heavy (non-hydrogen) atoms. The number of rotatable bonds is 1. The summed E-state index contributed by atoms with van der Waals surface area (Å²) >= 11 is 3.36. The van der Waals surface area contributed by atoms with E-state index in [-0.39, 0.29) is 11.4 Å². The first-order valence-corrected chi connectivity index (χ1v) is 6.72. The average molecular weight is 337 g/mol. The number of nitrogens with one attached hydrogen (secondary N) is 1. The number of ether oxygens (including phenoxy) is 1. The molecule has 0 aliphatic rings. The van der Waals surface area contributed by atoms with Crippen molar-refractivity contribution in [1.82, 2.24) is 0 Å². The van der Waals surface area contributed by atoms with Gasteiger partial charge in [0, 0.05) is 4.47 Å². The number of nitrogens with zero attached hydrogens (tertiary/aromatic N) is 1. The van der Waals surface area contributed by atoms with Gasteiger partial charge in [0.1, 0.15) is 22.8 Å². The summed E-state index contributed by atoms with van der Waals surface area (Å²) in [7, 11) is 0. The van der Waals surface area contributed by atoms with E-state index in [4.69, 9.17) is 9.15 Å². The molecule has 0 atom stereocenters. The Hall–Kier alpha value is -2.00. The van der Waals surface area contributed by atoms with Gasteiger partial charge in [0.25, 0.3) is 0 Å². The quantitative estimate of drug-likeness (QED) is 0.836. The molecule has 104 valence electrons. The van der Waals surface area contributed by atoms with Crippen molar-refractivity contribution in [1.29, 1.82) is 5.26 Å². The second-order valence-electron chi connectivity index (χ2n) is 5.16. The Bertz CT molecular complexity index is 708. The summed E-state index contributed by atoms with van der Waals surface area (Å²) in [5, 5.41) is 12.3. The Kier molecular flexibility index (Phi) is 3.73. The molecule has 5 nitrogen and oxygen atoms in total. The number of amides is 1. The van der Waals surface area contributed by atoms with Gasteiger partial charge < -0.3 is 9.15 Å². The van der Waals surface area contributed by atoms with Gasteiger partial charge in [-0.1, -0.05) is 6.07 Å². The molecule has 0 radical (unpaired) electrons. The highest BCUT2D eigenvalue weighted by Crippen LogP contribution is 2.34. The lowest BCUT2D eigenvalue weighted by Gasteiger charge is -2.19. The first kappa shape index (κ1) is 14.4. The molecule has 6 heteroatoms. The number of carbonyl (C=O) groups excluding carboxylic acids is 1. The number of benzene rings is 1. The van der Waals surface area contributed by atoms with E-state index in [1.807, 2.05) is 6.07 Å². The number of carbonyl (C=O) groups is 1. The molecule has 0 aliphatic heterocycles. The van der Waals surface area contributed by atoms with Crippen LogP contribution in [0.4, 0.5) is 10.7 Å². The van der Waals surface area contributed by atoms with Gasteiger partial charge in [0.05, 0.1) is 5.39 Å². The zero-order chi connectivity index (χ0) is 14.9. The van der Waals surface area contributed by atoms with Gasteiger partial charge >= 0.3 is 6.09 Å². The zero-order valence-corrected chi connectivity index (χ0v) is 12.9. The van der Waals surface area contributed by atoms with Crippen molar-refractivity contribution in [2.75, 3.05) is 5.32 Å². The fourth-order valence-corrected chi connectivity index (χ4v) is 2.24. The summed E-state index contributed by atoms with van der Waals surface area (Å²) in [4.78, 5) is 11.7. The number of anilines is 1. The molecule has 1 N–H and O–H groups in total. The van der Waals surface area contributed by atoms with Crippen LogP contribution in [-0.4, -0.2) is 11.7 Å². The summed E-state index contributed by atoms with van der Waals surface area (Å²) < 4.78 is 11.4. The van der Waals surface area contributed by atoms with Gasteiger partial charge in [0.2, 0.25) is 5.88 Å². The van der Waals surface area contributed by atoms with Crippen LogP contribution >= 0.6 is 15.9 Å². The zero-order valence-electron chi connectivity index (χ0n) is 11.3. The first-order valence-electron chi connectivity index (χ1n) is 5.93. The highest BCUT2D eigenvalue weighted by atomic mass is 79.9. The number of fused-ring (bicyclic) bond motifs is 1. The van der Waals surface area contributed by atoms with Gasteiger partial charge in [0.15, 0.2) is 0 Å². The Morgan fingerprint density at radius 1 is 1.45 bits per heavy atom. The van der Waals surface area contributed by atoms with Crippen LogP contribution < -0.4 is 5.32 Å². The van der Waals surface area contributed by atoms with Gasteiger partial charge in [-0.3, -0.25) is 5.32 Å². The highest BCUT2D eigenvalue weighted by Gasteiger charge is 2.21. The van der Waals surface area contributed by atoms with E-state index in [1.54, 1.807) is 39.0 Å². The van der Waals surface area contributed by atoms with Crippen LogP contribution in [0.3, 0.4) is 0 Å². The van der Waals surface area contributed by atoms with Gasteiger partial charge in [-0.25, -0.2) is 4.79 Å². The third-order valence-corrected chi connectivity index (χ3v) is 3.05. The normalized spacial score (nSPS) is 11.2. The molecule has 0 unspecified atom stereocenters. The third-order valence-electron chi connectivity index (χ3n) is 2.39. The Balaban J connectivity index is 2.39. The number of hydrogen-bond donors (Lipinski definition) is 1. The first-order chi connectivity index (χ1) is 9.31. The molecule has 1 aromatic carbocycles. The van der Waals surface area contributed by atoms with Crippen molar-refractivity contribution >= 4 is 38.9 Å². The fraction of sp³-hybridized carbons (Fsp3) is 0.286. The minimum Gasteiger partial charge on any atom is -0.444 e. The van der Waals surface area contributed by atoms with E-state index in [0.29, 0.717) is 11.0 Å². The third kappa shape index (κ3) is 2.94. The number of hydrogen-bond acceptors (Lipinski definition) is 4. The molecule has 0 aliphatic carbocycles. The molecular weight excluding hydrogens is 324 g/mol. The van der Waals surface area contributed by atoms with Gasteiger partial charge in [-0.05, 0) is 48.8 Å². The standard InChI is InChI=1S/C14H13BrN2O3/c1-14(2,3)20-13(18)17-12-8(7-16)11-9(15)5-4-6-10(11)19-12/h4-6H,1-3H3,(H,17,18). The fourth-order valence-electron chi connectivity index (χ4n) is 1.70. The molecule has 0 saturated heterocycles. The molecule has 2 aromatic rings. The maximum atomic E-state index is 11.7. The van der Waals surface area contributed by atoms with Crippen molar-refractivity contribution in [3.63, 3.8) is 0 Å². The molecule has 1 amide bonds. The molecular formula is C14H13BrN2O3. The van der Waals surface area contributed by atoms with Gasteiger partial charge in [-0.2, -0.15) is 5.26 Å². The van der Waals surface area contributed by atoms with Gasteiger partial charge in [-0.15, -0.1) is 0 Å². The van der Waals surface area contributed by atoms with E-state index in [9.17, 15) is 10.1 Å². The van der Waals surface area contributed by atoms with Crippen LogP contribution in [0.5, 0.6) is 0 Å². The van der Waals surface area contributed by atoms with Crippen LogP contribution in [0.15, 0.2) is 27.1 Å². The van der Waals surface area contributed by atoms with E-state index in [0.717, 1.165) is 4.47 Å². The molecule has 1 heterocycles. The minimum absolute atomic E-state index is 0.0867. The average Bonchev–Trinajstić information content (AvgIpc) is 2.64. The second-order valence-corrected chi connectivity index (χ2v) is 6.01. The van der Waals surface area contributed by atoms with Crippen molar-refractivity contribution in [2.24, 2.45) is 0 Å². The minimum atomic E-state index is -0.663. The van der Waals surface area contributed by atoms with Crippen LogP contribution in [0, 0.1) is 11.3 Å². The SMILES string of the molecule is CC(C)(C)OC(=O)Nc1oc2cccc(Br)c2c1C#N. The summed E-state index contributed by atoms with van der Waals surface area (Å²) in [6.45, 7) is 5.27. The maximum absolute atomic E-state index is 11.7. The lowest BCUT2D eigenvalue weighted by atomic mass is 10.2. The number of halogens is 1. The number of furan rings is 1. The molecule has 0 saturated carbocycles. The summed E-state index contributed by atoms with van der Waals surface area (Å²) in [5.41, 5.74) is 0.157. The summed E-state index contributed by atoms with van der Waals surface area (Å²) in [6, 6.07) is 7.34. The smallest absolute Gasteiger partial charge is 0.414 e. The number of nitriles is 1. The van der Waals surface area contributed by atoms with Crippen molar-refractivity contribution < 1.29 is 13.9 Å². The Morgan fingerprint density at radius 3 is 2.75 bits per heavy atom. The maximum Gasteiger partial charge on any atom is 0.414 e. The van der Waals surface area contributed by atoms with Crippen molar-refractivity contribution in [3.8, 4) is 6.07 Å². The molecule has 1 aromatic heterocycles. The largest absolute Gasteiger partial charge is 0.444 e. The van der Waals surface area contributed by atoms with Crippen molar-refractivity contribution in [3.05, 3.63) is 28.2 Å². The molecule has 0 spiro atoms. The van der Waals surface area contributed by atoms with E-state index in [1.165, 1.54) is 0 Å². The van der Waals surface area contributed by atoms with Crippen LogP contribution in [0.2, 0.25) is 0 Å². The molecule has 2 rings (SSSR count). The molecule has 0 bridgehead atoms.